The van der Waals surface area contributed by atoms with Crippen LogP contribution in [-0.2, 0) is 6.54 Å². The Morgan fingerprint density at radius 3 is 2.79 bits per heavy atom. The number of rotatable bonds is 5. The molecule has 4 rings (SSSR count). The van der Waals surface area contributed by atoms with Crippen molar-refractivity contribution >= 4 is 17.3 Å². The molecule has 124 valence electrons. The van der Waals surface area contributed by atoms with Gasteiger partial charge in [-0.25, -0.2) is 4.79 Å². The first-order chi connectivity index (χ1) is 11.7. The van der Waals surface area contributed by atoms with Gasteiger partial charge in [-0.15, -0.1) is 0 Å². The van der Waals surface area contributed by atoms with Crippen molar-refractivity contribution in [2.45, 2.75) is 31.8 Å². The van der Waals surface area contributed by atoms with E-state index in [1.165, 1.54) is 24.9 Å². The van der Waals surface area contributed by atoms with Crippen molar-refractivity contribution in [3.63, 3.8) is 0 Å². The van der Waals surface area contributed by atoms with E-state index in [0.717, 1.165) is 23.7 Å². The molecule has 2 fully saturated rings. The average molecular weight is 322 g/mol. The number of hydrogen-bond acceptors (Lipinski definition) is 3. The van der Waals surface area contributed by atoms with E-state index in [-0.39, 0.29) is 0 Å². The predicted octanol–water partition coefficient (Wildman–Crippen LogP) is 3.99. The summed E-state index contributed by atoms with van der Waals surface area (Å²) >= 11 is 0. The van der Waals surface area contributed by atoms with Crippen LogP contribution >= 0.6 is 0 Å². The minimum Gasteiger partial charge on any atom is -0.478 e. The topological polar surface area (TPSA) is 52.6 Å². The Balaban J connectivity index is 1.51. The fraction of sp³-hybridized carbons (Fsp3) is 0.350. The second-order valence-corrected chi connectivity index (χ2v) is 6.86. The second-order valence-electron chi connectivity index (χ2n) is 6.86. The Morgan fingerprint density at radius 1 is 1.17 bits per heavy atom. The Hall–Kier alpha value is -2.49. The van der Waals surface area contributed by atoms with Crippen LogP contribution in [0.3, 0.4) is 0 Å². The van der Waals surface area contributed by atoms with E-state index in [1.807, 2.05) is 12.1 Å². The van der Waals surface area contributed by atoms with Crippen molar-refractivity contribution in [1.82, 2.24) is 0 Å². The Kier molecular flexibility index (Phi) is 3.89. The molecule has 1 saturated heterocycles. The number of piperidine rings is 1. The molecule has 0 spiro atoms. The van der Waals surface area contributed by atoms with Crippen LogP contribution in [-0.4, -0.2) is 23.7 Å². The minimum atomic E-state index is -0.884. The Morgan fingerprint density at radius 2 is 2.04 bits per heavy atom. The third-order valence-corrected chi connectivity index (χ3v) is 5.28. The summed E-state index contributed by atoms with van der Waals surface area (Å²) in [4.78, 5) is 13.6. The molecule has 4 nitrogen and oxygen atoms in total. The zero-order valence-electron chi connectivity index (χ0n) is 13.6. The molecule has 1 aliphatic carbocycles. The van der Waals surface area contributed by atoms with Crippen LogP contribution in [0, 0.1) is 5.92 Å². The van der Waals surface area contributed by atoms with E-state index in [1.54, 1.807) is 18.2 Å². The molecule has 2 unspecified atom stereocenters. The quantitative estimate of drug-likeness (QED) is 0.874. The first-order valence-corrected chi connectivity index (χ1v) is 8.62. The summed E-state index contributed by atoms with van der Waals surface area (Å²) in [5.41, 5.74) is 3.72. The van der Waals surface area contributed by atoms with Crippen molar-refractivity contribution in [1.29, 1.82) is 0 Å². The zero-order chi connectivity index (χ0) is 16.5. The first-order valence-electron chi connectivity index (χ1n) is 8.62. The lowest BCUT2D eigenvalue weighted by Crippen LogP contribution is -2.32. The van der Waals surface area contributed by atoms with Crippen molar-refractivity contribution in [3.8, 4) is 0 Å². The monoisotopic (exact) mass is 322 g/mol. The lowest BCUT2D eigenvalue weighted by molar-refractivity contribution is 0.0697. The van der Waals surface area contributed by atoms with Crippen molar-refractivity contribution in [2.75, 3.05) is 16.8 Å². The molecule has 4 heteroatoms. The molecule has 1 heterocycles. The van der Waals surface area contributed by atoms with Crippen LogP contribution in [0.5, 0.6) is 0 Å². The van der Waals surface area contributed by atoms with Gasteiger partial charge in [-0.1, -0.05) is 24.3 Å². The SMILES string of the molecule is O=C(O)c1cccc(CNc2ccccc2N2CC3CCC2C3)c1. The standard InChI is InChI=1S/C20H22N2O2/c23-20(24)16-5-3-4-14(10-16)12-21-18-6-1-2-7-19(18)22-13-15-8-9-17(22)11-15/h1-7,10,15,17,21H,8-9,11-13H2,(H,23,24). The van der Waals surface area contributed by atoms with E-state index in [9.17, 15) is 4.79 Å². The highest BCUT2D eigenvalue weighted by Gasteiger charge is 2.38. The van der Waals surface area contributed by atoms with Crippen molar-refractivity contribution in [3.05, 3.63) is 59.7 Å². The van der Waals surface area contributed by atoms with Crippen molar-refractivity contribution < 1.29 is 9.90 Å². The highest BCUT2D eigenvalue weighted by Crippen LogP contribution is 2.42. The van der Waals surface area contributed by atoms with Crippen LogP contribution in [0.2, 0.25) is 0 Å². The fourth-order valence-electron chi connectivity index (χ4n) is 4.10. The molecule has 2 aromatic rings. The maximum absolute atomic E-state index is 11.1. The summed E-state index contributed by atoms with van der Waals surface area (Å²) in [5.74, 6) is -0.0272. The van der Waals surface area contributed by atoms with Gasteiger partial charge in [-0.05, 0) is 55.0 Å². The Labute approximate surface area is 142 Å². The Bertz CT molecular complexity index is 759. The molecule has 24 heavy (non-hydrogen) atoms. The minimum absolute atomic E-state index is 0.333. The summed E-state index contributed by atoms with van der Waals surface area (Å²) in [5, 5.41) is 12.6. The summed E-state index contributed by atoms with van der Waals surface area (Å²) in [6.07, 6.45) is 4.01. The van der Waals surface area contributed by atoms with Crippen LogP contribution in [0.1, 0.15) is 35.2 Å². The van der Waals surface area contributed by atoms with Gasteiger partial charge in [0.1, 0.15) is 0 Å². The molecule has 2 atom stereocenters. The zero-order valence-corrected chi connectivity index (χ0v) is 13.6. The molecule has 1 saturated carbocycles. The number of aromatic carboxylic acids is 1. The van der Waals surface area contributed by atoms with Gasteiger partial charge in [0.05, 0.1) is 16.9 Å². The number of para-hydroxylation sites is 2. The van der Waals surface area contributed by atoms with Crippen LogP contribution in [0.25, 0.3) is 0 Å². The third-order valence-electron chi connectivity index (χ3n) is 5.28. The molecule has 0 radical (unpaired) electrons. The number of nitrogens with one attached hydrogen (secondary N) is 1. The van der Waals surface area contributed by atoms with Gasteiger partial charge in [0.2, 0.25) is 0 Å². The molecule has 2 aromatic carbocycles. The van der Waals surface area contributed by atoms with Crippen molar-refractivity contribution in [2.24, 2.45) is 5.92 Å². The summed E-state index contributed by atoms with van der Waals surface area (Å²) in [6, 6.07) is 16.3. The lowest BCUT2D eigenvalue weighted by Gasteiger charge is -2.31. The molecule has 2 aliphatic rings. The first kappa shape index (κ1) is 15.1. The average Bonchev–Trinajstić information content (AvgIpc) is 3.24. The largest absolute Gasteiger partial charge is 0.478 e. The maximum Gasteiger partial charge on any atom is 0.335 e. The van der Waals surface area contributed by atoms with Gasteiger partial charge >= 0.3 is 5.97 Å². The highest BCUT2D eigenvalue weighted by molar-refractivity contribution is 5.87. The maximum atomic E-state index is 11.1. The number of fused-ring (bicyclic) bond motifs is 2. The number of carbonyl (C=O) groups is 1. The van der Waals surface area contributed by atoms with Gasteiger partial charge < -0.3 is 15.3 Å². The van der Waals surface area contributed by atoms with Gasteiger partial charge in [-0.2, -0.15) is 0 Å². The fourth-order valence-corrected chi connectivity index (χ4v) is 4.10. The summed E-state index contributed by atoms with van der Waals surface area (Å²) in [7, 11) is 0. The molecular weight excluding hydrogens is 300 g/mol. The molecular formula is C20H22N2O2. The van der Waals surface area contributed by atoms with E-state index in [2.05, 4.69) is 28.4 Å². The summed E-state index contributed by atoms with van der Waals surface area (Å²) in [6.45, 7) is 1.79. The number of nitrogens with zero attached hydrogens (tertiary/aromatic N) is 1. The van der Waals surface area contributed by atoms with Gasteiger partial charge in [0, 0.05) is 19.1 Å². The normalized spacial score (nSPS) is 21.9. The molecule has 1 aliphatic heterocycles. The third kappa shape index (κ3) is 2.84. The van der Waals surface area contributed by atoms with Crippen LogP contribution < -0.4 is 10.2 Å². The second kappa shape index (κ2) is 6.19. The van der Waals surface area contributed by atoms with E-state index in [4.69, 9.17) is 5.11 Å². The van der Waals surface area contributed by atoms with E-state index < -0.39 is 5.97 Å². The van der Waals surface area contributed by atoms with Gasteiger partial charge in [0.25, 0.3) is 0 Å². The lowest BCUT2D eigenvalue weighted by atomic mass is 10.1. The van der Waals surface area contributed by atoms with E-state index >= 15 is 0 Å². The number of hydrogen-bond donors (Lipinski definition) is 2. The number of carboxylic acid groups (broad SMARTS) is 1. The molecule has 0 amide bonds. The summed E-state index contributed by atoms with van der Waals surface area (Å²) < 4.78 is 0. The van der Waals surface area contributed by atoms with Crippen LogP contribution in [0.4, 0.5) is 11.4 Å². The molecule has 2 N–H and O–H groups in total. The molecule has 2 bridgehead atoms. The van der Waals surface area contributed by atoms with E-state index in [0.29, 0.717) is 18.2 Å². The number of benzene rings is 2. The van der Waals surface area contributed by atoms with Gasteiger partial charge in [0.15, 0.2) is 0 Å². The van der Waals surface area contributed by atoms with Gasteiger partial charge in [-0.3, -0.25) is 0 Å². The van der Waals surface area contributed by atoms with Crippen LogP contribution in [0.15, 0.2) is 48.5 Å². The number of anilines is 2. The smallest absolute Gasteiger partial charge is 0.335 e. The number of carboxylic acids is 1. The molecule has 0 aromatic heterocycles. The highest BCUT2D eigenvalue weighted by atomic mass is 16.4. The predicted molar refractivity (Wildman–Crippen MR) is 95.6 cm³/mol.